The highest BCUT2D eigenvalue weighted by Crippen LogP contribution is 2.17. The summed E-state index contributed by atoms with van der Waals surface area (Å²) in [5, 5.41) is 2.96. The van der Waals surface area contributed by atoms with E-state index in [0.29, 0.717) is 17.3 Å². The lowest BCUT2D eigenvalue weighted by Crippen LogP contribution is -2.29. The molecule has 3 N–H and O–H groups in total. The maximum atomic E-state index is 11.0. The van der Waals surface area contributed by atoms with E-state index < -0.39 is 6.09 Å². The van der Waals surface area contributed by atoms with Gasteiger partial charge in [-0.3, -0.25) is 0 Å². The molecule has 86 valence electrons. The predicted octanol–water partition coefficient (Wildman–Crippen LogP) is 2.03. The van der Waals surface area contributed by atoms with Gasteiger partial charge in [-0.15, -0.1) is 0 Å². The normalized spacial score (nSPS) is 11.0. The average molecular weight is 242 g/mol. The number of aliphatic imine (C=N–C) groups is 1. The predicted molar refractivity (Wildman–Crippen MR) is 62.9 cm³/mol. The molecule has 0 saturated carbocycles. The highest BCUT2D eigenvalue weighted by atomic mass is 35.5. The number of alkyl carbamates (subject to hydrolysis) is 1. The Balaban J connectivity index is 2.66. The summed E-state index contributed by atoms with van der Waals surface area (Å²) in [7, 11) is 0. The zero-order valence-corrected chi connectivity index (χ0v) is 9.49. The molecule has 0 fully saturated rings. The summed E-state index contributed by atoms with van der Waals surface area (Å²) in [4.78, 5) is 14.9. The van der Waals surface area contributed by atoms with Crippen LogP contribution < -0.4 is 11.1 Å². The van der Waals surface area contributed by atoms with E-state index in [0.717, 1.165) is 0 Å². The van der Waals surface area contributed by atoms with Crippen LogP contribution in [0.2, 0.25) is 5.02 Å². The number of rotatable bonds is 2. The van der Waals surface area contributed by atoms with E-state index in [2.05, 4.69) is 15.0 Å². The molecule has 0 atom stereocenters. The second-order valence-corrected chi connectivity index (χ2v) is 3.29. The Morgan fingerprint density at radius 2 is 2.38 bits per heavy atom. The zero-order chi connectivity index (χ0) is 12.0. The molecular formula is C10H12ClN3O2. The molecule has 0 aliphatic heterocycles. The van der Waals surface area contributed by atoms with Crippen molar-refractivity contribution in [2.45, 2.75) is 6.92 Å². The second-order valence-electron chi connectivity index (χ2n) is 2.85. The molecule has 0 spiro atoms. The van der Waals surface area contributed by atoms with Crippen molar-refractivity contribution in [2.75, 3.05) is 6.54 Å². The SMILES string of the molecule is CCNC(=O)OC(N)=Nc1cccc(Cl)c1. The van der Waals surface area contributed by atoms with Crippen LogP contribution in [0.3, 0.4) is 0 Å². The number of nitrogens with one attached hydrogen (secondary N) is 1. The van der Waals surface area contributed by atoms with E-state index in [-0.39, 0.29) is 6.02 Å². The fraction of sp³-hybridized carbons (Fsp3) is 0.200. The number of benzene rings is 1. The lowest BCUT2D eigenvalue weighted by Gasteiger charge is -2.03. The van der Waals surface area contributed by atoms with E-state index in [1.165, 1.54) is 0 Å². The van der Waals surface area contributed by atoms with Gasteiger partial charge in [0.1, 0.15) is 0 Å². The highest BCUT2D eigenvalue weighted by molar-refractivity contribution is 6.30. The molecule has 16 heavy (non-hydrogen) atoms. The van der Waals surface area contributed by atoms with Crippen LogP contribution in [0, 0.1) is 0 Å². The Labute approximate surface area is 98.3 Å². The van der Waals surface area contributed by atoms with E-state index in [9.17, 15) is 4.79 Å². The lowest BCUT2D eigenvalue weighted by molar-refractivity contribution is 0.197. The minimum absolute atomic E-state index is 0.229. The highest BCUT2D eigenvalue weighted by Gasteiger charge is 2.03. The third-order valence-electron chi connectivity index (χ3n) is 1.57. The van der Waals surface area contributed by atoms with Crippen LogP contribution in [0.5, 0.6) is 0 Å². The maximum absolute atomic E-state index is 11.0. The molecular weight excluding hydrogens is 230 g/mol. The molecule has 1 rings (SSSR count). The Kier molecular flexibility index (Phi) is 4.60. The quantitative estimate of drug-likeness (QED) is 0.614. The van der Waals surface area contributed by atoms with E-state index >= 15 is 0 Å². The standard InChI is InChI=1S/C10H12ClN3O2/c1-2-13-10(15)16-9(12)14-8-5-3-4-7(11)6-8/h3-6H,2H2,1H3,(H2,12,14)(H,13,15). The fourth-order valence-electron chi connectivity index (χ4n) is 0.971. The molecule has 1 aromatic carbocycles. The van der Waals surface area contributed by atoms with Crippen LogP contribution in [0.4, 0.5) is 10.5 Å². The van der Waals surface area contributed by atoms with Gasteiger partial charge >= 0.3 is 6.09 Å². The summed E-state index contributed by atoms with van der Waals surface area (Å²) >= 11 is 5.75. The number of carbonyl (C=O) groups excluding carboxylic acids is 1. The lowest BCUT2D eigenvalue weighted by atomic mass is 10.3. The van der Waals surface area contributed by atoms with Crippen molar-refractivity contribution >= 4 is 29.4 Å². The Morgan fingerprint density at radius 1 is 1.62 bits per heavy atom. The van der Waals surface area contributed by atoms with Crippen molar-refractivity contribution in [1.82, 2.24) is 5.32 Å². The molecule has 1 aromatic rings. The van der Waals surface area contributed by atoms with Gasteiger partial charge in [0.25, 0.3) is 6.02 Å². The van der Waals surface area contributed by atoms with Gasteiger partial charge in [-0.25, -0.2) is 4.79 Å². The van der Waals surface area contributed by atoms with Gasteiger partial charge < -0.3 is 15.8 Å². The zero-order valence-electron chi connectivity index (χ0n) is 8.74. The first-order valence-electron chi connectivity index (χ1n) is 4.67. The number of ether oxygens (including phenoxy) is 1. The van der Waals surface area contributed by atoms with Crippen molar-refractivity contribution in [3.63, 3.8) is 0 Å². The van der Waals surface area contributed by atoms with Gasteiger partial charge in [0.05, 0.1) is 5.69 Å². The molecule has 0 unspecified atom stereocenters. The molecule has 0 bridgehead atoms. The third kappa shape index (κ3) is 4.18. The third-order valence-corrected chi connectivity index (χ3v) is 1.80. The van der Waals surface area contributed by atoms with Crippen LogP contribution in [-0.4, -0.2) is 18.7 Å². The summed E-state index contributed by atoms with van der Waals surface area (Å²) in [5.74, 6) is 0. The number of amides is 1. The number of amidine groups is 1. The van der Waals surface area contributed by atoms with Crippen molar-refractivity contribution in [3.8, 4) is 0 Å². The monoisotopic (exact) mass is 241 g/mol. The van der Waals surface area contributed by atoms with Gasteiger partial charge in [0, 0.05) is 11.6 Å². The first-order chi connectivity index (χ1) is 7.61. The van der Waals surface area contributed by atoms with Gasteiger partial charge in [-0.2, -0.15) is 4.99 Å². The molecule has 0 aliphatic rings. The van der Waals surface area contributed by atoms with E-state index in [1.54, 1.807) is 31.2 Å². The van der Waals surface area contributed by atoms with Crippen molar-refractivity contribution in [1.29, 1.82) is 0 Å². The first kappa shape index (κ1) is 12.3. The van der Waals surface area contributed by atoms with Gasteiger partial charge in [0.2, 0.25) is 0 Å². The van der Waals surface area contributed by atoms with E-state index in [1.807, 2.05) is 0 Å². The summed E-state index contributed by atoms with van der Waals surface area (Å²) in [6.45, 7) is 2.23. The number of hydrogen-bond acceptors (Lipinski definition) is 3. The number of nitrogens with zero attached hydrogens (tertiary/aromatic N) is 1. The molecule has 0 aromatic heterocycles. The minimum Gasteiger partial charge on any atom is -0.376 e. The molecule has 0 saturated heterocycles. The topological polar surface area (TPSA) is 76.7 Å². The van der Waals surface area contributed by atoms with Crippen LogP contribution in [0.1, 0.15) is 6.92 Å². The van der Waals surface area contributed by atoms with Crippen molar-refractivity contribution in [2.24, 2.45) is 10.7 Å². The Bertz CT molecular complexity index is 407. The number of hydrogen-bond donors (Lipinski definition) is 2. The van der Waals surface area contributed by atoms with Crippen molar-refractivity contribution < 1.29 is 9.53 Å². The largest absolute Gasteiger partial charge is 0.415 e. The molecule has 0 aliphatic carbocycles. The number of nitrogens with two attached hydrogens (primary N) is 1. The van der Waals surface area contributed by atoms with Gasteiger partial charge in [-0.1, -0.05) is 17.7 Å². The number of carbonyl (C=O) groups is 1. The minimum atomic E-state index is -0.634. The van der Waals surface area contributed by atoms with Crippen LogP contribution in [0.25, 0.3) is 0 Å². The Morgan fingerprint density at radius 3 is 3.00 bits per heavy atom. The fourth-order valence-corrected chi connectivity index (χ4v) is 1.16. The average Bonchev–Trinajstić information content (AvgIpc) is 2.17. The summed E-state index contributed by atoms with van der Waals surface area (Å²) in [5.41, 5.74) is 5.93. The van der Waals surface area contributed by atoms with Gasteiger partial charge in [0.15, 0.2) is 0 Å². The number of halogens is 1. The van der Waals surface area contributed by atoms with Crippen molar-refractivity contribution in [3.05, 3.63) is 29.3 Å². The van der Waals surface area contributed by atoms with E-state index in [4.69, 9.17) is 17.3 Å². The first-order valence-corrected chi connectivity index (χ1v) is 5.05. The Hall–Kier alpha value is -1.75. The summed E-state index contributed by atoms with van der Waals surface area (Å²) < 4.78 is 4.67. The smallest absolute Gasteiger partial charge is 0.376 e. The summed E-state index contributed by atoms with van der Waals surface area (Å²) in [6, 6.07) is 6.50. The van der Waals surface area contributed by atoms with Crippen LogP contribution in [0.15, 0.2) is 29.3 Å². The molecule has 6 heteroatoms. The molecule has 0 heterocycles. The maximum Gasteiger partial charge on any atom is 0.415 e. The molecule has 5 nitrogen and oxygen atoms in total. The van der Waals surface area contributed by atoms with Gasteiger partial charge in [-0.05, 0) is 25.1 Å². The molecule has 0 radical (unpaired) electrons. The van der Waals surface area contributed by atoms with Crippen LogP contribution >= 0.6 is 11.6 Å². The molecule has 1 amide bonds. The van der Waals surface area contributed by atoms with Crippen LogP contribution in [-0.2, 0) is 4.74 Å². The second kappa shape index (κ2) is 5.97. The summed E-state index contributed by atoms with van der Waals surface area (Å²) in [6.07, 6.45) is -0.634.